The Kier molecular flexibility index (Phi) is 7.38. The number of ether oxygens (including phenoxy) is 1. The molecule has 0 aromatic heterocycles. The zero-order valence-corrected chi connectivity index (χ0v) is 30.7. The van der Waals surface area contributed by atoms with Gasteiger partial charge in [-0.05, 0) is 80.4 Å². The number of hydrogen-bond donors (Lipinski definition) is 0. The summed E-state index contributed by atoms with van der Waals surface area (Å²) in [6, 6.07) is 76.1. The third kappa shape index (κ3) is 4.76. The Hall–Kier alpha value is -6.21. The van der Waals surface area contributed by atoms with E-state index in [-0.39, 0.29) is 0 Å². The van der Waals surface area contributed by atoms with Crippen molar-refractivity contribution in [2.75, 3.05) is 4.90 Å². The molecule has 1 atom stereocenters. The highest BCUT2D eigenvalue weighted by molar-refractivity contribution is 7.27. The second-order valence-corrected chi connectivity index (χ2v) is 20.1. The normalized spacial score (nSPS) is 14.7. The third-order valence-electron chi connectivity index (χ3n) is 10.9. The van der Waals surface area contributed by atoms with Gasteiger partial charge in [-0.15, -0.1) is 0 Å². The second-order valence-electron chi connectivity index (χ2n) is 13.6. The van der Waals surface area contributed by atoms with Crippen molar-refractivity contribution in [3.8, 4) is 22.6 Å². The summed E-state index contributed by atoms with van der Waals surface area (Å²) < 4.78 is 6.75. The average molecular weight is 698 g/mol. The molecule has 0 amide bonds. The highest BCUT2D eigenvalue weighted by Crippen LogP contribution is 2.36. The Balaban J connectivity index is 1.27. The van der Waals surface area contributed by atoms with E-state index >= 15 is 0 Å². The van der Waals surface area contributed by atoms with Gasteiger partial charge in [0, 0.05) is 17.1 Å². The number of hydrogen-bond acceptors (Lipinski definition) is 2. The lowest BCUT2D eigenvalue weighted by atomic mass is 10.0. The van der Waals surface area contributed by atoms with Crippen molar-refractivity contribution in [3.63, 3.8) is 0 Å². The van der Waals surface area contributed by atoms with E-state index in [1.165, 1.54) is 47.4 Å². The molecule has 0 saturated heterocycles. The lowest BCUT2D eigenvalue weighted by Crippen LogP contribution is -2.87. The fourth-order valence-corrected chi connectivity index (χ4v) is 19.1. The number of nitrogens with zero attached hydrogens (tertiary/aromatic N) is 1. The van der Waals surface area contributed by atoms with E-state index in [0.29, 0.717) is 0 Å². The Morgan fingerprint density at radius 2 is 0.846 bits per heavy atom. The maximum Gasteiger partial charge on any atom is 0.188 e. The number of fused-ring (bicyclic) bond motifs is 8. The predicted molar refractivity (Wildman–Crippen MR) is 223 cm³/mol. The van der Waals surface area contributed by atoms with Crippen LogP contribution in [0, 0.1) is 0 Å². The van der Waals surface area contributed by atoms with Crippen LogP contribution in [0.25, 0.3) is 11.1 Å². The molecule has 2 heterocycles. The first-order valence-corrected chi connectivity index (χ1v) is 21.7. The molecule has 10 rings (SSSR count). The number of anilines is 3. The van der Waals surface area contributed by atoms with E-state index in [9.17, 15) is 0 Å². The van der Waals surface area contributed by atoms with E-state index < -0.39 is 16.9 Å². The van der Waals surface area contributed by atoms with Crippen LogP contribution in [0.4, 0.5) is 17.1 Å². The molecule has 2 aliphatic heterocycles. The molecule has 246 valence electrons. The van der Waals surface area contributed by atoms with Crippen LogP contribution in [0.2, 0.25) is 0 Å². The van der Waals surface area contributed by atoms with Crippen molar-refractivity contribution in [2.24, 2.45) is 0 Å². The van der Waals surface area contributed by atoms with Crippen molar-refractivity contribution in [1.29, 1.82) is 0 Å². The largest absolute Gasteiger partial charge is 0.458 e. The number of rotatable bonds is 5. The van der Waals surface area contributed by atoms with E-state index in [0.717, 1.165) is 28.6 Å². The van der Waals surface area contributed by atoms with Crippen LogP contribution in [0.3, 0.4) is 0 Å². The van der Waals surface area contributed by atoms with Crippen molar-refractivity contribution in [3.05, 3.63) is 206 Å². The zero-order chi connectivity index (χ0) is 34.5. The smallest absolute Gasteiger partial charge is 0.188 e. The Morgan fingerprint density at radius 1 is 0.365 bits per heavy atom. The van der Waals surface area contributed by atoms with Crippen LogP contribution in [-0.4, -0.2) is 16.9 Å². The van der Waals surface area contributed by atoms with E-state index in [2.05, 4.69) is 211 Å². The van der Waals surface area contributed by atoms with Gasteiger partial charge in [0.05, 0.1) is 0 Å². The van der Waals surface area contributed by atoms with Gasteiger partial charge in [-0.3, -0.25) is 0 Å². The lowest BCUT2D eigenvalue weighted by Gasteiger charge is -2.46. The lowest BCUT2D eigenvalue weighted by molar-refractivity contribution is 0.487. The molecule has 1 spiro atoms. The van der Waals surface area contributed by atoms with Gasteiger partial charge in [0.2, 0.25) is 0 Å². The van der Waals surface area contributed by atoms with E-state index in [1.54, 1.807) is 0 Å². The van der Waals surface area contributed by atoms with Gasteiger partial charge in [-0.25, -0.2) is 0 Å². The molecule has 1 unspecified atom stereocenters. The minimum absolute atomic E-state index is 0.968. The van der Waals surface area contributed by atoms with Crippen LogP contribution >= 0.6 is 0 Å². The van der Waals surface area contributed by atoms with E-state index in [1.807, 2.05) is 0 Å². The molecule has 4 heteroatoms. The summed E-state index contributed by atoms with van der Waals surface area (Å²) in [5, 5.41) is 10.0. The first kappa shape index (κ1) is 30.6. The SMILES string of the molecule is c1ccc(-c2ccc(N(c3ccccc3)c3ccc4c(c3)[Si]3(c5ccccc5Oc5ccccc53)c3ccccc3[SiH]4c3ccccc3)cc2)cc1. The number of benzene rings is 8. The summed E-state index contributed by atoms with van der Waals surface area (Å²) >= 11 is 0. The van der Waals surface area contributed by atoms with Crippen LogP contribution in [0.1, 0.15) is 0 Å². The minimum Gasteiger partial charge on any atom is -0.458 e. The van der Waals surface area contributed by atoms with Crippen molar-refractivity contribution < 1.29 is 4.74 Å². The van der Waals surface area contributed by atoms with Crippen LogP contribution < -0.4 is 45.9 Å². The summed E-state index contributed by atoms with van der Waals surface area (Å²) in [6.45, 7) is 0. The zero-order valence-electron chi connectivity index (χ0n) is 28.6. The van der Waals surface area contributed by atoms with Crippen molar-refractivity contribution in [1.82, 2.24) is 0 Å². The first-order valence-electron chi connectivity index (χ1n) is 18.0. The summed E-state index contributed by atoms with van der Waals surface area (Å²) in [5.41, 5.74) is 5.84. The number of para-hydroxylation sites is 3. The van der Waals surface area contributed by atoms with E-state index in [4.69, 9.17) is 4.74 Å². The molecule has 0 fully saturated rings. The van der Waals surface area contributed by atoms with Gasteiger partial charge in [0.25, 0.3) is 0 Å². The molecule has 0 aliphatic carbocycles. The average Bonchev–Trinajstić information content (AvgIpc) is 3.22. The molecular weight excluding hydrogens is 663 g/mol. The minimum atomic E-state index is -2.88. The van der Waals surface area contributed by atoms with Gasteiger partial charge in [-0.2, -0.15) is 0 Å². The van der Waals surface area contributed by atoms with Gasteiger partial charge >= 0.3 is 0 Å². The fraction of sp³-hybridized carbons (Fsp3) is 0. The molecular formula is C48H35NOSi2. The quantitative estimate of drug-likeness (QED) is 0.182. The topological polar surface area (TPSA) is 12.5 Å². The molecule has 2 aliphatic rings. The Morgan fingerprint density at radius 3 is 1.52 bits per heavy atom. The third-order valence-corrected chi connectivity index (χ3v) is 19.7. The summed E-state index contributed by atoms with van der Waals surface area (Å²) in [4.78, 5) is 2.42. The monoisotopic (exact) mass is 697 g/mol. The van der Waals surface area contributed by atoms with Crippen LogP contribution in [-0.2, 0) is 0 Å². The fourth-order valence-electron chi connectivity index (χ4n) is 8.70. The maximum atomic E-state index is 6.75. The van der Waals surface area contributed by atoms with Crippen LogP contribution in [0.15, 0.2) is 206 Å². The molecule has 2 nitrogen and oxygen atoms in total. The molecule has 0 saturated carbocycles. The van der Waals surface area contributed by atoms with Crippen molar-refractivity contribution in [2.45, 2.75) is 0 Å². The summed E-state index contributed by atoms with van der Waals surface area (Å²) in [6.07, 6.45) is 0. The van der Waals surface area contributed by atoms with Gasteiger partial charge in [0.15, 0.2) is 8.07 Å². The van der Waals surface area contributed by atoms with Crippen molar-refractivity contribution >= 4 is 70.2 Å². The molecule has 0 radical (unpaired) electrons. The standard InChI is InChI=1S/C48H35NOSi2/c1-4-16-35(17-5-1)36-28-30-38(31-29-36)49(37-18-6-2-7-19-37)39-32-33-44-48(34-39)52(45-25-13-10-22-41(45)50-42-23-11-14-26-46(42)52)47-27-15-12-24-43(47)51(44)40-20-8-3-9-21-40/h1-34,51H. The van der Waals surface area contributed by atoms with Crippen LogP contribution in [0.5, 0.6) is 11.5 Å². The molecule has 0 bridgehead atoms. The highest BCUT2D eigenvalue weighted by atomic mass is 28.3. The molecule has 52 heavy (non-hydrogen) atoms. The highest BCUT2D eigenvalue weighted by Gasteiger charge is 2.53. The van der Waals surface area contributed by atoms with Gasteiger partial charge < -0.3 is 9.64 Å². The molecule has 0 N–H and O–H groups in total. The first-order chi connectivity index (χ1) is 25.8. The molecule has 8 aromatic carbocycles. The molecule has 8 aromatic rings. The maximum absolute atomic E-state index is 6.75. The summed E-state index contributed by atoms with van der Waals surface area (Å²) in [7, 11) is -4.75. The Labute approximate surface area is 307 Å². The second kappa shape index (κ2) is 12.5. The summed E-state index contributed by atoms with van der Waals surface area (Å²) in [5.74, 6) is 1.94. The predicted octanol–water partition coefficient (Wildman–Crippen LogP) is 6.87. The Bertz CT molecular complexity index is 2510. The van der Waals surface area contributed by atoms with Gasteiger partial charge in [-0.1, -0.05) is 173 Å². The van der Waals surface area contributed by atoms with Gasteiger partial charge in [0.1, 0.15) is 20.3 Å².